The van der Waals surface area contributed by atoms with E-state index in [1.54, 1.807) is 31.3 Å². The Morgan fingerprint density at radius 2 is 2.00 bits per heavy atom. The lowest BCUT2D eigenvalue weighted by molar-refractivity contribution is -0.127. The Bertz CT molecular complexity index is 723. The molecule has 0 fully saturated rings. The molecule has 1 amide bonds. The van der Waals surface area contributed by atoms with E-state index >= 15 is 0 Å². The molecule has 2 aromatic rings. The summed E-state index contributed by atoms with van der Waals surface area (Å²) in [4.78, 5) is 23.5. The fraction of sp³-hybridized carbons (Fsp3) is 0.353. The topological polar surface area (TPSA) is 58.6 Å². The Hall–Kier alpha value is -2.15. The first-order chi connectivity index (χ1) is 11.4. The van der Waals surface area contributed by atoms with Crippen molar-refractivity contribution in [3.05, 3.63) is 40.6 Å². The van der Waals surface area contributed by atoms with Crippen LogP contribution in [-0.2, 0) is 4.79 Å². The molecule has 0 aliphatic heterocycles. The van der Waals surface area contributed by atoms with Gasteiger partial charge in [0, 0.05) is 38.6 Å². The van der Waals surface area contributed by atoms with Crippen LogP contribution < -0.4 is 9.64 Å². The second-order valence-corrected chi connectivity index (χ2v) is 6.45. The van der Waals surface area contributed by atoms with Crippen LogP contribution in [0.4, 0.5) is 5.82 Å². The first-order valence-corrected chi connectivity index (χ1v) is 8.35. The maximum atomic E-state index is 11.3. The van der Waals surface area contributed by atoms with Crippen LogP contribution in [0.25, 0.3) is 0 Å². The Labute approximate surface area is 150 Å². The number of carbonyl (C=O) groups excluding carboxylic acids is 1. The molecule has 0 N–H and O–H groups in total. The number of nitrogens with zero attached hydrogens (tertiary/aromatic N) is 4. The summed E-state index contributed by atoms with van der Waals surface area (Å²) in [5.41, 5.74) is 1.08. The van der Waals surface area contributed by atoms with Crippen LogP contribution in [0.5, 0.6) is 11.6 Å². The molecule has 0 bridgehead atoms. The fourth-order valence-corrected chi connectivity index (χ4v) is 2.19. The normalized spacial score (nSPS) is 10.4. The van der Waals surface area contributed by atoms with Gasteiger partial charge < -0.3 is 14.5 Å². The van der Waals surface area contributed by atoms with E-state index in [4.69, 9.17) is 4.74 Å². The Morgan fingerprint density at radius 3 is 2.67 bits per heavy atom. The molecule has 0 unspecified atom stereocenters. The first-order valence-electron chi connectivity index (χ1n) is 7.55. The molecule has 7 heteroatoms. The molecule has 0 saturated heterocycles. The summed E-state index contributed by atoms with van der Waals surface area (Å²) < 4.78 is 6.81. The van der Waals surface area contributed by atoms with Gasteiger partial charge in [0.25, 0.3) is 0 Å². The zero-order chi connectivity index (χ0) is 17.7. The number of benzene rings is 1. The molecule has 0 saturated carbocycles. The third-order valence-electron chi connectivity index (χ3n) is 3.65. The Kier molecular flexibility index (Phi) is 6.14. The van der Waals surface area contributed by atoms with E-state index in [0.29, 0.717) is 30.5 Å². The number of ether oxygens (including phenoxy) is 1. The lowest BCUT2D eigenvalue weighted by Crippen LogP contribution is -2.33. The first kappa shape index (κ1) is 18.2. The number of hydrogen-bond acceptors (Lipinski definition) is 5. The van der Waals surface area contributed by atoms with Gasteiger partial charge in [0.05, 0.1) is 12.4 Å². The summed E-state index contributed by atoms with van der Waals surface area (Å²) in [7, 11) is 3.68. The minimum Gasteiger partial charge on any atom is -0.437 e. The molecule has 0 aliphatic rings. The molecule has 0 radical (unpaired) electrons. The zero-order valence-electron chi connectivity index (χ0n) is 14.3. The summed E-state index contributed by atoms with van der Waals surface area (Å²) in [6.07, 6.45) is 3.25. The number of anilines is 1. The van der Waals surface area contributed by atoms with Gasteiger partial charge in [-0.2, -0.15) is 4.98 Å². The smallest absolute Gasteiger partial charge is 0.239 e. The van der Waals surface area contributed by atoms with Crippen LogP contribution >= 0.6 is 15.9 Å². The summed E-state index contributed by atoms with van der Waals surface area (Å²) in [6, 6.07) is 5.74. The molecule has 0 atom stereocenters. The lowest BCUT2D eigenvalue weighted by Gasteiger charge is -2.22. The third kappa shape index (κ3) is 4.92. The van der Waals surface area contributed by atoms with Gasteiger partial charge in [-0.05, 0) is 30.7 Å². The van der Waals surface area contributed by atoms with Crippen molar-refractivity contribution in [2.24, 2.45) is 0 Å². The van der Waals surface area contributed by atoms with Crippen LogP contribution in [0.3, 0.4) is 0 Å². The molecule has 1 aromatic heterocycles. The van der Waals surface area contributed by atoms with Gasteiger partial charge >= 0.3 is 0 Å². The summed E-state index contributed by atoms with van der Waals surface area (Å²) in [6.45, 7) is 4.82. The van der Waals surface area contributed by atoms with Crippen LogP contribution in [0, 0.1) is 6.92 Å². The second kappa shape index (κ2) is 8.10. The number of aromatic nitrogens is 2. The SMILES string of the molecule is CC(=O)N(C)CCN(C)c1cncc(Oc2ccc(Br)c(C)c2)n1. The van der Waals surface area contributed by atoms with Crippen molar-refractivity contribution >= 4 is 27.7 Å². The number of aryl methyl sites for hydroxylation is 1. The van der Waals surface area contributed by atoms with E-state index in [1.165, 1.54) is 0 Å². The largest absolute Gasteiger partial charge is 0.437 e. The van der Waals surface area contributed by atoms with Crippen molar-refractivity contribution in [1.82, 2.24) is 14.9 Å². The number of amides is 1. The van der Waals surface area contributed by atoms with Crippen LogP contribution in [0.1, 0.15) is 12.5 Å². The quantitative estimate of drug-likeness (QED) is 0.754. The molecule has 6 nitrogen and oxygen atoms in total. The van der Waals surface area contributed by atoms with Gasteiger partial charge in [0.15, 0.2) is 5.82 Å². The van der Waals surface area contributed by atoms with Crippen molar-refractivity contribution in [1.29, 1.82) is 0 Å². The fourth-order valence-electron chi connectivity index (χ4n) is 1.94. The molecular formula is C17H21BrN4O2. The van der Waals surface area contributed by atoms with Gasteiger partial charge in [-0.25, -0.2) is 0 Å². The molecule has 1 aromatic carbocycles. The van der Waals surface area contributed by atoms with E-state index in [-0.39, 0.29) is 5.91 Å². The molecule has 2 rings (SSSR count). The van der Waals surface area contributed by atoms with Gasteiger partial charge in [-0.1, -0.05) is 15.9 Å². The molecule has 24 heavy (non-hydrogen) atoms. The van der Waals surface area contributed by atoms with E-state index in [9.17, 15) is 4.79 Å². The second-order valence-electron chi connectivity index (χ2n) is 5.59. The minimum absolute atomic E-state index is 0.0391. The predicted molar refractivity (Wildman–Crippen MR) is 97.6 cm³/mol. The van der Waals surface area contributed by atoms with Crippen LogP contribution in [-0.4, -0.2) is 48.0 Å². The highest BCUT2D eigenvalue weighted by Gasteiger charge is 2.09. The zero-order valence-corrected chi connectivity index (χ0v) is 15.9. The van der Waals surface area contributed by atoms with Crippen molar-refractivity contribution in [3.63, 3.8) is 0 Å². The number of rotatable bonds is 6. The summed E-state index contributed by atoms with van der Waals surface area (Å²) >= 11 is 3.47. The number of carbonyl (C=O) groups is 1. The highest BCUT2D eigenvalue weighted by Crippen LogP contribution is 2.25. The third-order valence-corrected chi connectivity index (χ3v) is 4.54. The van der Waals surface area contributed by atoms with Gasteiger partial charge in [-0.3, -0.25) is 9.78 Å². The van der Waals surface area contributed by atoms with E-state index < -0.39 is 0 Å². The molecular weight excluding hydrogens is 372 g/mol. The monoisotopic (exact) mass is 392 g/mol. The van der Waals surface area contributed by atoms with E-state index in [1.807, 2.05) is 37.1 Å². The number of hydrogen-bond donors (Lipinski definition) is 0. The van der Waals surface area contributed by atoms with Gasteiger partial charge in [0.1, 0.15) is 5.75 Å². The number of likely N-dealkylation sites (N-methyl/N-ethyl adjacent to an activating group) is 2. The van der Waals surface area contributed by atoms with E-state index in [0.717, 1.165) is 10.0 Å². The maximum absolute atomic E-state index is 11.3. The van der Waals surface area contributed by atoms with Gasteiger partial charge in [-0.15, -0.1) is 0 Å². The Balaban J connectivity index is 2.05. The predicted octanol–water partition coefficient (Wildman–Crippen LogP) is 3.25. The average Bonchev–Trinajstić information content (AvgIpc) is 2.55. The minimum atomic E-state index is 0.0391. The van der Waals surface area contributed by atoms with E-state index in [2.05, 4.69) is 25.9 Å². The Morgan fingerprint density at radius 1 is 1.25 bits per heavy atom. The highest BCUT2D eigenvalue weighted by atomic mass is 79.9. The highest BCUT2D eigenvalue weighted by molar-refractivity contribution is 9.10. The molecule has 128 valence electrons. The van der Waals surface area contributed by atoms with Crippen molar-refractivity contribution < 1.29 is 9.53 Å². The molecule has 0 spiro atoms. The lowest BCUT2D eigenvalue weighted by atomic mass is 10.2. The average molecular weight is 393 g/mol. The standard InChI is InChI=1S/C17H21BrN4O2/c1-12-9-14(5-6-15(12)18)24-17-11-19-10-16(20-17)22(4)8-7-21(3)13(2)23/h5-6,9-11H,7-8H2,1-4H3. The van der Waals surface area contributed by atoms with Gasteiger partial charge in [0.2, 0.25) is 11.8 Å². The summed E-state index contributed by atoms with van der Waals surface area (Å²) in [5.74, 6) is 1.87. The van der Waals surface area contributed by atoms with Crippen molar-refractivity contribution in [2.45, 2.75) is 13.8 Å². The van der Waals surface area contributed by atoms with Crippen LogP contribution in [0.2, 0.25) is 0 Å². The molecule has 0 aliphatic carbocycles. The number of halogens is 1. The molecule has 1 heterocycles. The van der Waals surface area contributed by atoms with Crippen molar-refractivity contribution in [3.8, 4) is 11.6 Å². The van der Waals surface area contributed by atoms with Crippen LogP contribution in [0.15, 0.2) is 35.1 Å². The summed E-state index contributed by atoms with van der Waals surface area (Å²) in [5, 5.41) is 0. The maximum Gasteiger partial charge on any atom is 0.239 e. The van der Waals surface area contributed by atoms with Crippen molar-refractivity contribution in [2.75, 3.05) is 32.1 Å².